The van der Waals surface area contributed by atoms with Gasteiger partial charge in [0.15, 0.2) is 0 Å². The van der Waals surface area contributed by atoms with Gasteiger partial charge in [-0.2, -0.15) is 0 Å². The summed E-state index contributed by atoms with van der Waals surface area (Å²) < 4.78 is 0. The van der Waals surface area contributed by atoms with Crippen LogP contribution in [0.1, 0.15) is 90.0 Å². The zero-order chi connectivity index (χ0) is 17.3. The van der Waals surface area contributed by atoms with Crippen LogP contribution in [0.4, 0.5) is 0 Å². The average molecular weight is 332 g/mol. The minimum atomic E-state index is 1.23. The van der Waals surface area contributed by atoms with Gasteiger partial charge in [-0.15, -0.1) is 0 Å². The summed E-state index contributed by atoms with van der Waals surface area (Å²) in [5, 5.41) is 0. The van der Waals surface area contributed by atoms with Crippen molar-refractivity contribution in [2.75, 3.05) is 19.6 Å². The molecule has 0 saturated carbocycles. The Labute approximate surface area is 151 Å². The van der Waals surface area contributed by atoms with Crippen LogP contribution in [0.15, 0.2) is 30.3 Å². The highest BCUT2D eigenvalue weighted by molar-refractivity contribution is 5.14. The molecule has 0 aliphatic heterocycles. The molecule has 0 radical (unpaired) electrons. The van der Waals surface area contributed by atoms with Gasteiger partial charge in [0.1, 0.15) is 0 Å². The van der Waals surface area contributed by atoms with Crippen LogP contribution in [0.25, 0.3) is 0 Å². The van der Waals surface area contributed by atoms with Crippen LogP contribution in [-0.4, -0.2) is 24.5 Å². The van der Waals surface area contributed by atoms with Gasteiger partial charge in [-0.1, -0.05) is 95.5 Å². The van der Waals surface area contributed by atoms with E-state index in [1.807, 2.05) is 0 Å². The lowest BCUT2D eigenvalue weighted by atomic mass is 10.1. The maximum absolute atomic E-state index is 2.74. The SMILES string of the molecule is CCCCCCCN(CCCCCCC)CCCc1ccccc1. The Kier molecular flexibility index (Phi) is 13.9. The fourth-order valence-corrected chi connectivity index (χ4v) is 3.36. The highest BCUT2D eigenvalue weighted by atomic mass is 15.1. The predicted octanol–water partition coefficient (Wildman–Crippen LogP) is 6.86. The van der Waals surface area contributed by atoms with E-state index in [1.54, 1.807) is 0 Å². The van der Waals surface area contributed by atoms with Gasteiger partial charge in [-0.3, -0.25) is 0 Å². The molecular formula is C23H41N. The molecule has 0 bridgehead atoms. The summed E-state index contributed by atoms with van der Waals surface area (Å²) >= 11 is 0. The largest absolute Gasteiger partial charge is 0.303 e. The van der Waals surface area contributed by atoms with Crippen LogP contribution in [0, 0.1) is 0 Å². The van der Waals surface area contributed by atoms with Gasteiger partial charge in [0, 0.05) is 0 Å². The molecular weight excluding hydrogens is 290 g/mol. The highest BCUT2D eigenvalue weighted by Crippen LogP contribution is 2.09. The maximum Gasteiger partial charge on any atom is -0.00156 e. The molecule has 0 aliphatic carbocycles. The van der Waals surface area contributed by atoms with Gasteiger partial charge >= 0.3 is 0 Å². The third-order valence-corrected chi connectivity index (χ3v) is 4.94. The van der Waals surface area contributed by atoms with E-state index in [4.69, 9.17) is 0 Å². The van der Waals surface area contributed by atoms with Gasteiger partial charge < -0.3 is 4.90 Å². The van der Waals surface area contributed by atoms with Crippen molar-refractivity contribution in [2.24, 2.45) is 0 Å². The topological polar surface area (TPSA) is 3.24 Å². The molecule has 1 heteroatoms. The van der Waals surface area contributed by atoms with E-state index in [2.05, 4.69) is 49.1 Å². The minimum absolute atomic E-state index is 1.23. The first-order chi connectivity index (χ1) is 11.9. The van der Waals surface area contributed by atoms with E-state index >= 15 is 0 Å². The molecule has 0 spiro atoms. The second kappa shape index (κ2) is 15.7. The van der Waals surface area contributed by atoms with E-state index in [0.717, 1.165) is 0 Å². The van der Waals surface area contributed by atoms with Crippen molar-refractivity contribution < 1.29 is 0 Å². The van der Waals surface area contributed by atoms with Crippen molar-refractivity contribution in [3.8, 4) is 0 Å². The summed E-state index contributed by atoms with van der Waals surface area (Å²) in [6.45, 7) is 8.49. The first-order valence-electron chi connectivity index (χ1n) is 10.6. The van der Waals surface area contributed by atoms with Crippen molar-refractivity contribution >= 4 is 0 Å². The lowest BCUT2D eigenvalue weighted by Crippen LogP contribution is -2.27. The molecule has 1 aromatic rings. The molecule has 0 fully saturated rings. The van der Waals surface area contributed by atoms with E-state index in [0.29, 0.717) is 0 Å². The summed E-state index contributed by atoms with van der Waals surface area (Å²) in [5.41, 5.74) is 1.49. The van der Waals surface area contributed by atoms with Gasteiger partial charge in [0.2, 0.25) is 0 Å². The molecule has 1 rings (SSSR count). The maximum atomic E-state index is 2.74. The highest BCUT2D eigenvalue weighted by Gasteiger charge is 2.05. The standard InChI is InChI=1S/C23H41N/c1-3-5-7-9-14-20-24(21-15-10-8-6-4-2)22-16-19-23-17-12-11-13-18-23/h11-13,17-18H,3-10,14-16,19-22H2,1-2H3. The average Bonchev–Trinajstić information content (AvgIpc) is 2.61. The van der Waals surface area contributed by atoms with Crippen LogP contribution in [0.3, 0.4) is 0 Å². The van der Waals surface area contributed by atoms with Gasteiger partial charge in [0.05, 0.1) is 0 Å². The molecule has 0 aromatic heterocycles. The molecule has 0 unspecified atom stereocenters. The number of rotatable bonds is 16. The summed E-state index contributed by atoms with van der Waals surface area (Å²) in [5.74, 6) is 0. The van der Waals surface area contributed by atoms with Gasteiger partial charge in [-0.05, 0) is 50.9 Å². The zero-order valence-corrected chi connectivity index (χ0v) is 16.4. The van der Waals surface area contributed by atoms with Crippen LogP contribution in [-0.2, 0) is 6.42 Å². The molecule has 1 aromatic carbocycles. The molecule has 0 heterocycles. The van der Waals surface area contributed by atoms with Gasteiger partial charge in [-0.25, -0.2) is 0 Å². The van der Waals surface area contributed by atoms with Crippen LogP contribution >= 0.6 is 0 Å². The summed E-state index contributed by atoms with van der Waals surface area (Å²) in [6, 6.07) is 11.0. The Morgan fingerprint density at radius 3 is 1.62 bits per heavy atom. The molecule has 0 atom stereocenters. The van der Waals surface area contributed by atoms with E-state index in [9.17, 15) is 0 Å². The Balaban J connectivity index is 2.21. The zero-order valence-electron chi connectivity index (χ0n) is 16.4. The molecule has 0 aliphatic rings. The Bertz CT molecular complexity index is 346. The first kappa shape index (κ1) is 21.2. The van der Waals surface area contributed by atoms with Crippen LogP contribution in [0.5, 0.6) is 0 Å². The number of unbranched alkanes of at least 4 members (excludes halogenated alkanes) is 8. The Morgan fingerprint density at radius 1 is 0.583 bits per heavy atom. The summed E-state index contributed by atoms with van der Waals surface area (Å²) in [4.78, 5) is 2.74. The third kappa shape index (κ3) is 11.7. The van der Waals surface area contributed by atoms with Crippen LogP contribution in [0.2, 0.25) is 0 Å². The Hall–Kier alpha value is -0.820. The Morgan fingerprint density at radius 2 is 1.08 bits per heavy atom. The van der Waals surface area contributed by atoms with Crippen LogP contribution < -0.4 is 0 Å². The number of hydrogen-bond acceptors (Lipinski definition) is 1. The van der Waals surface area contributed by atoms with E-state index in [-0.39, 0.29) is 0 Å². The van der Waals surface area contributed by atoms with Crippen molar-refractivity contribution in [3.05, 3.63) is 35.9 Å². The predicted molar refractivity (Wildman–Crippen MR) is 109 cm³/mol. The number of benzene rings is 1. The van der Waals surface area contributed by atoms with E-state index in [1.165, 1.54) is 102 Å². The number of nitrogens with zero attached hydrogens (tertiary/aromatic N) is 1. The molecule has 0 N–H and O–H groups in total. The molecule has 1 nitrogen and oxygen atoms in total. The van der Waals surface area contributed by atoms with Crippen molar-refractivity contribution in [2.45, 2.75) is 90.9 Å². The second-order valence-electron chi connectivity index (χ2n) is 7.26. The quantitative estimate of drug-likeness (QED) is 0.299. The third-order valence-electron chi connectivity index (χ3n) is 4.94. The molecule has 24 heavy (non-hydrogen) atoms. The monoisotopic (exact) mass is 331 g/mol. The fraction of sp³-hybridized carbons (Fsp3) is 0.739. The normalized spacial score (nSPS) is 11.3. The minimum Gasteiger partial charge on any atom is -0.303 e. The first-order valence-corrected chi connectivity index (χ1v) is 10.6. The lowest BCUT2D eigenvalue weighted by Gasteiger charge is -2.22. The van der Waals surface area contributed by atoms with Gasteiger partial charge in [0.25, 0.3) is 0 Å². The van der Waals surface area contributed by atoms with E-state index < -0.39 is 0 Å². The lowest BCUT2D eigenvalue weighted by molar-refractivity contribution is 0.257. The fourth-order valence-electron chi connectivity index (χ4n) is 3.36. The summed E-state index contributed by atoms with van der Waals surface area (Å²) in [7, 11) is 0. The smallest absolute Gasteiger partial charge is 0.00156 e. The van der Waals surface area contributed by atoms with Crippen molar-refractivity contribution in [1.29, 1.82) is 0 Å². The number of aryl methyl sites for hydroxylation is 1. The number of hydrogen-bond donors (Lipinski definition) is 0. The molecule has 0 saturated heterocycles. The van der Waals surface area contributed by atoms with Crippen molar-refractivity contribution in [3.63, 3.8) is 0 Å². The molecule has 138 valence electrons. The summed E-state index contributed by atoms with van der Waals surface area (Å²) in [6.07, 6.45) is 16.5. The molecule has 0 amide bonds. The second-order valence-corrected chi connectivity index (χ2v) is 7.26. The van der Waals surface area contributed by atoms with Crippen molar-refractivity contribution in [1.82, 2.24) is 4.90 Å².